The highest BCUT2D eigenvalue weighted by Crippen LogP contribution is 2.33. The number of benzene rings is 2. The van der Waals surface area contributed by atoms with Crippen LogP contribution < -0.4 is 14.8 Å². The fourth-order valence-corrected chi connectivity index (χ4v) is 3.62. The molecule has 0 unspecified atom stereocenters. The molecule has 5 nitrogen and oxygen atoms in total. The lowest BCUT2D eigenvalue weighted by atomic mass is 9.96. The number of anilines is 1. The van der Waals surface area contributed by atoms with Crippen LogP contribution >= 0.6 is 0 Å². The molecule has 2 aromatic carbocycles. The maximum Gasteiger partial charge on any atom is 0.228 e. The van der Waals surface area contributed by atoms with Crippen molar-refractivity contribution in [1.82, 2.24) is 4.90 Å². The summed E-state index contributed by atoms with van der Waals surface area (Å²) in [7, 11) is 0. The summed E-state index contributed by atoms with van der Waals surface area (Å²) in [5.74, 6) is 1.53. The fourth-order valence-electron chi connectivity index (χ4n) is 3.62. The number of fused-ring (bicyclic) bond motifs is 1. The van der Waals surface area contributed by atoms with Crippen molar-refractivity contribution in [3.8, 4) is 11.5 Å². The second kappa shape index (κ2) is 7.79. The van der Waals surface area contributed by atoms with Crippen molar-refractivity contribution in [3.63, 3.8) is 0 Å². The second-order valence-electron chi connectivity index (χ2n) is 6.91. The van der Waals surface area contributed by atoms with E-state index in [1.54, 1.807) is 0 Å². The summed E-state index contributed by atoms with van der Waals surface area (Å²) in [5.41, 5.74) is 2.06. The topological polar surface area (TPSA) is 50.8 Å². The van der Waals surface area contributed by atoms with Crippen LogP contribution in [0.3, 0.4) is 0 Å². The van der Waals surface area contributed by atoms with Crippen LogP contribution in [0.1, 0.15) is 18.4 Å². The standard InChI is InChI=1S/C21H24N2O3/c24-21(22-18-8-9-19-20(13-18)26-12-11-25-19)17-7-4-10-23(15-17)14-16-5-2-1-3-6-16/h1-3,5-6,8-9,13,17H,4,7,10-12,14-15H2,(H,22,24)/t17-/m1/s1. The van der Waals surface area contributed by atoms with Crippen molar-refractivity contribution in [2.24, 2.45) is 5.92 Å². The van der Waals surface area contributed by atoms with Crippen molar-refractivity contribution >= 4 is 11.6 Å². The van der Waals surface area contributed by atoms with Crippen LogP contribution in [-0.2, 0) is 11.3 Å². The van der Waals surface area contributed by atoms with Gasteiger partial charge in [0.25, 0.3) is 0 Å². The minimum Gasteiger partial charge on any atom is -0.486 e. The van der Waals surface area contributed by atoms with E-state index in [1.807, 2.05) is 24.3 Å². The van der Waals surface area contributed by atoms with Gasteiger partial charge < -0.3 is 14.8 Å². The molecule has 1 atom stereocenters. The quantitative estimate of drug-likeness (QED) is 0.917. The van der Waals surface area contributed by atoms with Crippen molar-refractivity contribution < 1.29 is 14.3 Å². The van der Waals surface area contributed by atoms with Crippen LogP contribution in [0.4, 0.5) is 5.69 Å². The van der Waals surface area contributed by atoms with E-state index in [0.717, 1.165) is 43.9 Å². The number of likely N-dealkylation sites (tertiary alicyclic amines) is 1. The van der Waals surface area contributed by atoms with Gasteiger partial charge in [0.2, 0.25) is 5.91 Å². The number of carbonyl (C=O) groups excluding carboxylic acids is 1. The van der Waals surface area contributed by atoms with E-state index in [4.69, 9.17) is 9.47 Å². The first-order valence-corrected chi connectivity index (χ1v) is 9.25. The third-order valence-electron chi connectivity index (χ3n) is 4.94. The summed E-state index contributed by atoms with van der Waals surface area (Å²) < 4.78 is 11.1. The molecule has 1 N–H and O–H groups in total. The van der Waals surface area contributed by atoms with Crippen LogP contribution in [0.15, 0.2) is 48.5 Å². The number of hydrogen-bond donors (Lipinski definition) is 1. The molecule has 0 aromatic heterocycles. The molecule has 0 bridgehead atoms. The summed E-state index contributed by atoms with van der Waals surface area (Å²) in [4.78, 5) is 15.1. The lowest BCUT2D eigenvalue weighted by Crippen LogP contribution is -2.40. The van der Waals surface area contributed by atoms with Crippen LogP contribution in [-0.4, -0.2) is 37.1 Å². The largest absolute Gasteiger partial charge is 0.486 e. The molecule has 4 rings (SSSR count). The predicted octanol–water partition coefficient (Wildman–Crippen LogP) is 3.31. The van der Waals surface area contributed by atoms with Gasteiger partial charge in [-0.25, -0.2) is 0 Å². The molecule has 0 radical (unpaired) electrons. The number of amides is 1. The SMILES string of the molecule is O=C(Nc1ccc2c(c1)OCCO2)[C@@H]1CCCN(Cc2ccccc2)C1. The maximum absolute atomic E-state index is 12.7. The van der Waals surface area contributed by atoms with Gasteiger partial charge in [-0.15, -0.1) is 0 Å². The van der Waals surface area contributed by atoms with Crippen LogP contribution in [0.25, 0.3) is 0 Å². The molecule has 2 aromatic rings. The highest BCUT2D eigenvalue weighted by atomic mass is 16.6. The Hall–Kier alpha value is -2.53. The second-order valence-corrected chi connectivity index (χ2v) is 6.91. The molecule has 1 saturated heterocycles. The van der Waals surface area contributed by atoms with Crippen LogP contribution in [0, 0.1) is 5.92 Å². The van der Waals surface area contributed by atoms with Crippen molar-refractivity contribution in [2.75, 3.05) is 31.6 Å². The van der Waals surface area contributed by atoms with E-state index in [-0.39, 0.29) is 11.8 Å². The zero-order valence-corrected chi connectivity index (χ0v) is 14.8. The van der Waals surface area contributed by atoms with Gasteiger partial charge in [-0.05, 0) is 37.1 Å². The molecular weight excluding hydrogens is 328 g/mol. The molecular formula is C21H24N2O3. The zero-order valence-electron chi connectivity index (χ0n) is 14.8. The number of ether oxygens (including phenoxy) is 2. The smallest absolute Gasteiger partial charge is 0.228 e. The monoisotopic (exact) mass is 352 g/mol. The number of rotatable bonds is 4. The molecule has 0 aliphatic carbocycles. The molecule has 0 saturated carbocycles. The Morgan fingerprint density at radius 1 is 1.08 bits per heavy atom. The molecule has 2 aliphatic heterocycles. The lowest BCUT2D eigenvalue weighted by Gasteiger charge is -2.32. The minimum absolute atomic E-state index is 0.0145. The third kappa shape index (κ3) is 3.99. The average Bonchev–Trinajstić information content (AvgIpc) is 2.69. The molecule has 1 fully saturated rings. The predicted molar refractivity (Wildman–Crippen MR) is 101 cm³/mol. The third-order valence-corrected chi connectivity index (χ3v) is 4.94. The van der Waals surface area contributed by atoms with Gasteiger partial charge in [-0.1, -0.05) is 30.3 Å². The summed E-state index contributed by atoms with van der Waals surface area (Å²) in [6, 6.07) is 16.0. The highest BCUT2D eigenvalue weighted by molar-refractivity contribution is 5.93. The fraction of sp³-hybridized carbons (Fsp3) is 0.381. The zero-order chi connectivity index (χ0) is 17.8. The first-order valence-electron chi connectivity index (χ1n) is 9.25. The van der Waals surface area contributed by atoms with E-state index in [9.17, 15) is 4.79 Å². The summed E-state index contributed by atoms with van der Waals surface area (Å²) in [6.45, 7) is 3.85. The van der Waals surface area contributed by atoms with Gasteiger partial charge in [0.1, 0.15) is 13.2 Å². The first kappa shape index (κ1) is 16.9. The van der Waals surface area contributed by atoms with Gasteiger partial charge in [0.05, 0.1) is 5.92 Å². The molecule has 2 aliphatic rings. The van der Waals surface area contributed by atoms with E-state index in [0.29, 0.717) is 19.0 Å². The minimum atomic E-state index is 0.0145. The summed E-state index contributed by atoms with van der Waals surface area (Å²) in [6.07, 6.45) is 1.98. The molecule has 1 amide bonds. The van der Waals surface area contributed by atoms with Crippen molar-refractivity contribution in [1.29, 1.82) is 0 Å². The maximum atomic E-state index is 12.7. The Labute approximate surface area is 153 Å². The number of hydrogen-bond acceptors (Lipinski definition) is 4. The van der Waals surface area contributed by atoms with E-state index >= 15 is 0 Å². The lowest BCUT2D eigenvalue weighted by molar-refractivity contribution is -0.121. The Balaban J connectivity index is 1.37. The van der Waals surface area contributed by atoms with Crippen molar-refractivity contribution in [3.05, 3.63) is 54.1 Å². The Morgan fingerprint density at radius 2 is 1.88 bits per heavy atom. The molecule has 5 heteroatoms. The van der Waals surface area contributed by atoms with Crippen molar-refractivity contribution in [2.45, 2.75) is 19.4 Å². The van der Waals surface area contributed by atoms with Gasteiger partial charge >= 0.3 is 0 Å². The Morgan fingerprint density at radius 3 is 2.73 bits per heavy atom. The Bertz CT molecular complexity index is 763. The number of nitrogens with one attached hydrogen (secondary N) is 1. The van der Waals surface area contributed by atoms with Gasteiger partial charge in [0, 0.05) is 24.8 Å². The van der Waals surface area contributed by atoms with Gasteiger partial charge in [-0.3, -0.25) is 9.69 Å². The van der Waals surface area contributed by atoms with E-state index in [2.05, 4.69) is 34.5 Å². The van der Waals surface area contributed by atoms with E-state index < -0.39 is 0 Å². The highest BCUT2D eigenvalue weighted by Gasteiger charge is 2.26. The average molecular weight is 352 g/mol. The number of carbonyl (C=O) groups is 1. The number of piperidine rings is 1. The van der Waals surface area contributed by atoms with E-state index in [1.165, 1.54) is 5.56 Å². The summed E-state index contributed by atoms with van der Waals surface area (Å²) >= 11 is 0. The molecule has 26 heavy (non-hydrogen) atoms. The number of nitrogens with zero attached hydrogens (tertiary/aromatic N) is 1. The first-order chi connectivity index (χ1) is 12.8. The molecule has 0 spiro atoms. The van der Waals surface area contributed by atoms with Crippen LogP contribution in [0.2, 0.25) is 0 Å². The molecule has 2 heterocycles. The van der Waals surface area contributed by atoms with Crippen LogP contribution in [0.5, 0.6) is 11.5 Å². The van der Waals surface area contributed by atoms with Gasteiger partial charge in [-0.2, -0.15) is 0 Å². The normalized spacial score (nSPS) is 19.8. The Kier molecular flexibility index (Phi) is 5.07. The van der Waals surface area contributed by atoms with Gasteiger partial charge in [0.15, 0.2) is 11.5 Å². The summed E-state index contributed by atoms with van der Waals surface area (Å²) in [5, 5.41) is 3.05. The molecule has 136 valence electrons.